The van der Waals surface area contributed by atoms with Crippen LogP contribution in [-0.2, 0) is 9.53 Å². The smallest absolute Gasteiger partial charge is 0.322 e. The maximum atomic E-state index is 12.4. The number of hydrogen-bond donors (Lipinski definition) is 2. The number of amides is 3. The average molecular weight is 317 g/mol. The third-order valence-electron chi connectivity index (χ3n) is 4.22. The molecule has 0 spiro atoms. The molecule has 0 radical (unpaired) electrons. The van der Waals surface area contributed by atoms with Crippen LogP contribution in [0.15, 0.2) is 18.2 Å². The Hall–Kier alpha value is -2.08. The van der Waals surface area contributed by atoms with Gasteiger partial charge in [-0.05, 0) is 44.4 Å². The van der Waals surface area contributed by atoms with Crippen LogP contribution in [0.4, 0.5) is 16.2 Å². The highest BCUT2D eigenvalue weighted by Crippen LogP contribution is 2.30. The second-order valence-electron chi connectivity index (χ2n) is 6.35. The lowest BCUT2D eigenvalue weighted by Gasteiger charge is -2.31. The zero-order valence-corrected chi connectivity index (χ0v) is 13.6. The van der Waals surface area contributed by atoms with E-state index in [0.717, 1.165) is 29.8 Å². The van der Waals surface area contributed by atoms with Gasteiger partial charge in [-0.3, -0.25) is 4.79 Å². The van der Waals surface area contributed by atoms with E-state index >= 15 is 0 Å². The molecular weight excluding hydrogens is 294 g/mol. The molecule has 0 bridgehead atoms. The van der Waals surface area contributed by atoms with Crippen LogP contribution in [0.25, 0.3) is 0 Å². The first-order valence-corrected chi connectivity index (χ1v) is 8.12. The number of rotatable bonds is 3. The average Bonchev–Trinajstić information content (AvgIpc) is 3.35. The van der Waals surface area contributed by atoms with Gasteiger partial charge in [0, 0.05) is 30.4 Å². The molecule has 0 aromatic heterocycles. The Kier molecular flexibility index (Phi) is 4.52. The van der Waals surface area contributed by atoms with Gasteiger partial charge in [0.1, 0.15) is 0 Å². The first-order valence-electron chi connectivity index (χ1n) is 8.12. The number of anilines is 2. The van der Waals surface area contributed by atoms with Gasteiger partial charge in [-0.2, -0.15) is 0 Å². The van der Waals surface area contributed by atoms with Crippen molar-refractivity contribution in [2.24, 2.45) is 5.92 Å². The second-order valence-corrected chi connectivity index (χ2v) is 6.35. The Labute approximate surface area is 136 Å². The van der Waals surface area contributed by atoms with Crippen LogP contribution in [0.3, 0.4) is 0 Å². The normalized spacial score (nSPS) is 21.0. The third kappa shape index (κ3) is 4.01. The van der Waals surface area contributed by atoms with Gasteiger partial charge in [-0.15, -0.1) is 0 Å². The molecule has 1 aliphatic heterocycles. The monoisotopic (exact) mass is 317 g/mol. The number of morpholine rings is 1. The van der Waals surface area contributed by atoms with Gasteiger partial charge in [-0.25, -0.2) is 4.79 Å². The van der Waals surface area contributed by atoms with E-state index < -0.39 is 0 Å². The maximum Gasteiger partial charge on any atom is 0.322 e. The lowest BCUT2D eigenvalue weighted by Crippen LogP contribution is -2.46. The van der Waals surface area contributed by atoms with Gasteiger partial charge >= 0.3 is 6.03 Å². The van der Waals surface area contributed by atoms with E-state index in [1.165, 1.54) is 0 Å². The second kappa shape index (κ2) is 6.58. The molecule has 2 N–H and O–H groups in total. The zero-order chi connectivity index (χ0) is 16.4. The molecule has 6 nitrogen and oxygen atoms in total. The summed E-state index contributed by atoms with van der Waals surface area (Å²) in [5.41, 5.74) is 2.41. The summed E-state index contributed by atoms with van der Waals surface area (Å²) in [6.07, 6.45) is 1.99. The predicted octanol–water partition coefficient (Wildman–Crippen LogP) is 2.60. The minimum Gasteiger partial charge on any atom is -0.375 e. The lowest BCUT2D eigenvalue weighted by atomic mass is 10.1. The number of ether oxygens (including phenoxy) is 1. The fourth-order valence-corrected chi connectivity index (χ4v) is 2.62. The number of urea groups is 1. The molecule has 1 unspecified atom stereocenters. The van der Waals surface area contributed by atoms with Crippen LogP contribution in [0.1, 0.15) is 25.3 Å². The summed E-state index contributed by atoms with van der Waals surface area (Å²) in [7, 11) is 0. The van der Waals surface area contributed by atoms with E-state index in [-0.39, 0.29) is 24.0 Å². The molecule has 1 heterocycles. The number of carbonyl (C=O) groups excluding carboxylic acids is 2. The Morgan fingerprint density at radius 1 is 1.26 bits per heavy atom. The summed E-state index contributed by atoms with van der Waals surface area (Å²) in [4.78, 5) is 26.0. The molecule has 3 rings (SSSR count). The summed E-state index contributed by atoms with van der Waals surface area (Å²) >= 11 is 0. The standard InChI is InChI=1S/C17H23N3O3/c1-11-3-6-14(18-16(21)13-4-5-13)9-15(11)19-17(22)20-7-8-23-12(2)10-20/h3,6,9,12-13H,4-5,7-8,10H2,1-2H3,(H,18,21)(H,19,22). The number of benzene rings is 1. The van der Waals surface area contributed by atoms with E-state index in [1.54, 1.807) is 4.90 Å². The first-order chi connectivity index (χ1) is 11.0. The van der Waals surface area contributed by atoms with E-state index in [2.05, 4.69) is 10.6 Å². The molecule has 2 aliphatic rings. The van der Waals surface area contributed by atoms with Crippen molar-refractivity contribution < 1.29 is 14.3 Å². The Morgan fingerprint density at radius 3 is 2.74 bits per heavy atom. The van der Waals surface area contributed by atoms with E-state index in [1.807, 2.05) is 32.0 Å². The van der Waals surface area contributed by atoms with Crippen molar-refractivity contribution in [3.05, 3.63) is 23.8 Å². The lowest BCUT2D eigenvalue weighted by molar-refractivity contribution is -0.117. The number of nitrogens with zero attached hydrogens (tertiary/aromatic N) is 1. The highest BCUT2D eigenvalue weighted by Gasteiger charge is 2.29. The third-order valence-corrected chi connectivity index (χ3v) is 4.22. The van der Waals surface area contributed by atoms with Gasteiger partial charge < -0.3 is 20.3 Å². The molecule has 1 saturated heterocycles. The molecule has 124 valence electrons. The minimum absolute atomic E-state index is 0.0553. The van der Waals surface area contributed by atoms with E-state index in [0.29, 0.717) is 19.7 Å². The summed E-state index contributed by atoms with van der Waals surface area (Å²) in [6.45, 7) is 5.63. The highest BCUT2D eigenvalue weighted by atomic mass is 16.5. The van der Waals surface area contributed by atoms with Crippen molar-refractivity contribution in [1.82, 2.24) is 4.90 Å². The maximum absolute atomic E-state index is 12.4. The summed E-state index contributed by atoms with van der Waals surface area (Å²) < 4.78 is 5.45. The van der Waals surface area contributed by atoms with E-state index in [4.69, 9.17) is 4.74 Å². The van der Waals surface area contributed by atoms with Crippen LogP contribution in [0.5, 0.6) is 0 Å². The first kappa shape index (κ1) is 15.8. The zero-order valence-electron chi connectivity index (χ0n) is 13.6. The van der Waals surface area contributed by atoms with Gasteiger partial charge in [0.05, 0.1) is 12.7 Å². The Morgan fingerprint density at radius 2 is 2.04 bits per heavy atom. The predicted molar refractivity (Wildman–Crippen MR) is 88.5 cm³/mol. The van der Waals surface area contributed by atoms with Crippen LogP contribution >= 0.6 is 0 Å². The largest absolute Gasteiger partial charge is 0.375 e. The molecule has 1 aliphatic carbocycles. The Bertz CT molecular complexity index is 613. The summed E-state index contributed by atoms with van der Waals surface area (Å²) in [5, 5.41) is 5.85. The molecule has 23 heavy (non-hydrogen) atoms. The fourth-order valence-electron chi connectivity index (χ4n) is 2.62. The van der Waals surface area contributed by atoms with Gasteiger partial charge in [0.15, 0.2) is 0 Å². The number of aryl methyl sites for hydroxylation is 1. The molecule has 2 fully saturated rings. The highest BCUT2D eigenvalue weighted by molar-refractivity contribution is 5.96. The van der Waals surface area contributed by atoms with Crippen molar-refractivity contribution in [1.29, 1.82) is 0 Å². The number of carbonyl (C=O) groups is 2. The van der Waals surface area contributed by atoms with Gasteiger partial charge in [0.2, 0.25) is 5.91 Å². The molecule has 1 atom stereocenters. The molecule has 3 amide bonds. The molecular formula is C17H23N3O3. The van der Waals surface area contributed by atoms with Crippen LogP contribution < -0.4 is 10.6 Å². The number of hydrogen-bond acceptors (Lipinski definition) is 3. The summed E-state index contributed by atoms with van der Waals surface area (Å²) in [5.74, 6) is 0.220. The fraction of sp³-hybridized carbons (Fsp3) is 0.529. The quantitative estimate of drug-likeness (QED) is 0.900. The van der Waals surface area contributed by atoms with Crippen molar-refractivity contribution >= 4 is 23.3 Å². The van der Waals surface area contributed by atoms with Crippen molar-refractivity contribution in [2.45, 2.75) is 32.8 Å². The topological polar surface area (TPSA) is 70.7 Å². The van der Waals surface area contributed by atoms with Crippen LogP contribution in [-0.4, -0.2) is 42.6 Å². The van der Waals surface area contributed by atoms with Crippen LogP contribution in [0, 0.1) is 12.8 Å². The number of nitrogens with one attached hydrogen (secondary N) is 2. The van der Waals surface area contributed by atoms with Gasteiger partial charge in [-0.1, -0.05) is 6.07 Å². The molecule has 1 aromatic rings. The molecule has 1 aromatic carbocycles. The van der Waals surface area contributed by atoms with Crippen molar-refractivity contribution in [3.8, 4) is 0 Å². The van der Waals surface area contributed by atoms with Crippen molar-refractivity contribution in [2.75, 3.05) is 30.3 Å². The van der Waals surface area contributed by atoms with E-state index in [9.17, 15) is 9.59 Å². The summed E-state index contributed by atoms with van der Waals surface area (Å²) in [6, 6.07) is 5.45. The molecule has 1 saturated carbocycles. The SMILES string of the molecule is Cc1ccc(NC(=O)C2CC2)cc1NC(=O)N1CCOC(C)C1. The van der Waals surface area contributed by atoms with Crippen molar-refractivity contribution in [3.63, 3.8) is 0 Å². The molecule has 6 heteroatoms. The van der Waals surface area contributed by atoms with Gasteiger partial charge in [0.25, 0.3) is 0 Å². The minimum atomic E-state index is -0.131. The van der Waals surface area contributed by atoms with Crippen LogP contribution in [0.2, 0.25) is 0 Å². The Balaban J connectivity index is 1.66.